The van der Waals surface area contributed by atoms with Gasteiger partial charge in [-0.25, -0.2) is 15.0 Å². The first kappa shape index (κ1) is 29.5. The van der Waals surface area contributed by atoms with E-state index in [1.807, 2.05) is 73.1 Å². The molecule has 1 aliphatic carbocycles. The van der Waals surface area contributed by atoms with Crippen LogP contribution in [0.4, 0.5) is 0 Å². The van der Waals surface area contributed by atoms with Gasteiger partial charge >= 0.3 is 0 Å². The van der Waals surface area contributed by atoms with Crippen LogP contribution in [0.25, 0.3) is 106 Å². The molecule has 0 spiro atoms. The molecule has 10 aromatic rings. The van der Waals surface area contributed by atoms with Gasteiger partial charge in [-0.1, -0.05) is 140 Å². The Morgan fingerprint density at radius 1 is 0.340 bits per heavy atom. The molecule has 1 aliphatic rings. The van der Waals surface area contributed by atoms with Crippen molar-refractivity contribution in [3.63, 3.8) is 0 Å². The first-order chi connectivity index (χ1) is 26.3. The lowest BCUT2D eigenvalue weighted by Gasteiger charge is -2.16. The topological polar surface area (TPSA) is 56.5 Å². The largest absolute Gasteiger partial charge is 0.309 e. The Hall–Kier alpha value is -7.24. The average molecular weight is 676 g/mol. The lowest BCUT2D eigenvalue weighted by Crippen LogP contribution is -2.01. The van der Waals surface area contributed by atoms with Crippen LogP contribution in [0.1, 0.15) is 0 Å². The third-order valence-corrected chi connectivity index (χ3v) is 10.5. The molecule has 0 amide bonds. The second-order valence-corrected chi connectivity index (χ2v) is 13.5. The zero-order valence-corrected chi connectivity index (χ0v) is 28.5. The third-order valence-electron chi connectivity index (χ3n) is 10.5. The van der Waals surface area contributed by atoms with Crippen LogP contribution in [0.2, 0.25) is 0 Å². The molecule has 5 nitrogen and oxygen atoms in total. The van der Waals surface area contributed by atoms with Crippen LogP contribution < -0.4 is 0 Å². The molecular formula is C48H29N5. The number of fused-ring (bicyclic) bond motifs is 3. The highest BCUT2D eigenvalue weighted by Gasteiger charge is 2.25. The molecule has 5 heteroatoms. The third kappa shape index (κ3) is 4.57. The number of rotatable bonds is 5. The molecule has 246 valence electrons. The average Bonchev–Trinajstić information content (AvgIpc) is 3.52. The Morgan fingerprint density at radius 2 is 0.868 bits per heavy atom. The molecule has 0 saturated heterocycles. The van der Waals surface area contributed by atoms with E-state index in [4.69, 9.17) is 19.9 Å². The fourth-order valence-electron chi connectivity index (χ4n) is 8.15. The fraction of sp³-hybridized carbons (Fsp3) is 0. The van der Waals surface area contributed by atoms with Gasteiger partial charge in [0.25, 0.3) is 0 Å². The summed E-state index contributed by atoms with van der Waals surface area (Å²) in [5, 5.41) is 5.10. The number of hydrogen-bond donors (Lipinski definition) is 0. The molecule has 0 fully saturated rings. The van der Waals surface area contributed by atoms with Gasteiger partial charge in [0.15, 0.2) is 17.5 Å². The Labute approximate surface area is 305 Å². The summed E-state index contributed by atoms with van der Waals surface area (Å²) in [6.07, 6.45) is 3.78. The van der Waals surface area contributed by atoms with E-state index in [2.05, 4.69) is 108 Å². The maximum atomic E-state index is 4.99. The molecule has 0 radical (unpaired) electrons. The van der Waals surface area contributed by atoms with Gasteiger partial charge < -0.3 is 4.57 Å². The Kier molecular flexibility index (Phi) is 6.48. The van der Waals surface area contributed by atoms with E-state index in [9.17, 15) is 0 Å². The van der Waals surface area contributed by atoms with E-state index >= 15 is 0 Å². The Morgan fingerprint density at radius 3 is 1.57 bits per heavy atom. The van der Waals surface area contributed by atoms with Crippen molar-refractivity contribution < 1.29 is 0 Å². The molecule has 0 atom stereocenters. The van der Waals surface area contributed by atoms with Crippen molar-refractivity contribution in [3.05, 3.63) is 176 Å². The molecule has 3 aromatic heterocycles. The van der Waals surface area contributed by atoms with Gasteiger partial charge in [-0.2, -0.15) is 0 Å². The molecule has 11 rings (SSSR count). The predicted molar refractivity (Wildman–Crippen MR) is 216 cm³/mol. The molecule has 0 N–H and O–H groups in total. The summed E-state index contributed by atoms with van der Waals surface area (Å²) in [4.78, 5) is 19.7. The number of para-hydroxylation sites is 1. The first-order valence-corrected chi connectivity index (χ1v) is 17.8. The van der Waals surface area contributed by atoms with E-state index in [1.165, 1.54) is 54.8 Å². The minimum absolute atomic E-state index is 0.575. The zero-order chi connectivity index (χ0) is 34.9. The van der Waals surface area contributed by atoms with E-state index in [-0.39, 0.29) is 0 Å². The molecule has 7 aromatic carbocycles. The molecule has 0 aliphatic heterocycles. The summed E-state index contributed by atoms with van der Waals surface area (Å²) in [7, 11) is 0. The summed E-state index contributed by atoms with van der Waals surface area (Å²) in [6.45, 7) is 0. The lowest BCUT2D eigenvalue weighted by molar-refractivity contribution is 1.07. The molecule has 0 unspecified atom stereocenters. The summed E-state index contributed by atoms with van der Waals surface area (Å²) in [5.74, 6) is 1.82. The van der Waals surface area contributed by atoms with Gasteiger partial charge in [0.2, 0.25) is 0 Å². The maximum Gasteiger partial charge on any atom is 0.165 e. The standard InChI is InChI=1S/C48H29N5/c1-3-13-31(14-4-1)46-50-47(32-15-5-2-6-16-32)52-48(51-46)34-27-33(28-49-29-34)35-18-9-10-23-40(35)53-41-24-12-22-39-37-20-8-7-19-36(37)38-21-11-17-30-25-26-42(53)45(43(30)38)44(39)41/h1-29H. The molecular weight excluding hydrogens is 647 g/mol. The van der Waals surface area contributed by atoms with Crippen molar-refractivity contribution in [1.82, 2.24) is 24.5 Å². The van der Waals surface area contributed by atoms with Crippen LogP contribution in [0.15, 0.2) is 176 Å². The summed E-state index contributed by atoms with van der Waals surface area (Å²) in [6, 6.07) is 57.7. The highest BCUT2D eigenvalue weighted by molar-refractivity contribution is 6.30. The smallest absolute Gasteiger partial charge is 0.165 e. The van der Waals surface area contributed by atoms with Crippen LogP contribution in [0.5, 0.6) is 0 Å². The van der Waals surface area contributed by atoms with Crippen molar-refractivity contribution >= 4 is 32.6 Å². The van der Waals surface area contributed by atoms with Crippen LogP contribution >= 0.6 is 0 Å². The molecule has 0 saturated carbocycles. The highest BCUT2D eigenvalue weighted by Crippen LogP contribution is 2.50. The van der Waals surface area contributed by atoms with E-state index in [1.54, 1.807) is 0 Å². The fourth-order valence-corrected chi connectivity index (χ4v) is 8.15. The lowest BCUT2D eigenvalue weighted by atomic mass is 9.93. The van der Waals surface area contributed by atoms with Crippen molar-refractivity contribution in [3.8, 4) is 73.2 Å². The van der Waals surface area contributed by atoms with Gasteiger partial charge in [-0.05, 0) is 57.3 Å². The number of aromatic nitrogens is 5. The van der Waals surface area contributed by atoms with Crippen LogP contribution in [0, 0.1) is 0 Å². The summed E-state index contributed by atoms with van der Waals surface area (Å²) in [5.41, 5.74) is 13.2. The molecule has 3 heterocycles. The van der Waals surface area contributed by atoms with Crippen molar-refractivity contribution in [2.75, 3.05) is 0 Å². The first-order valence-electron chi connectivity index (χ1n) is 17.8. The maximum absolute atomic E-state index is 4.99. The van der Waals surface area contributed by atoms with Crippen molar-refractivity contribution in [2.45, 2.75) is 0 Å². The van der Waals surface area contributed by atoms with Gasteiger partial charge in [-0.15, -0.1) is 0 Å². The quantitative estimate of drug-likeness (QED) is 0.182. The highest BCUT2D eigenvalue weighted by atomic mass is 15.0. The minimum Gasteiger partial charge on any atom is -0.309 e. The number of hydrogen-bond acceptors (Lipinski definition) is 4. The number of nitrogens with zero attached hydrogens (tertiary/aromatic N) is 5. The second-order valence-electron chi connectivity index (χ2n) is 13.5. The number of benzene rings is 7. The SMILES string of the molecule is c1ccc(-c2nc(-c3ccccc3)nc(-c3cncc(-c4ccccc4-n4c5cccc6c5c5c7c(cccc7ccc54)-c4ccccc4-6)c3)n2)cc1. The van der Waals surface area contributed by atoms with Crippen LogP contribution in [-0.2, 0) is 0 Å². The molecule has 53 heavy (non-hydrogen) atoms. The predicted octanol–water partition coefficient (Wildman–Crippen LogP) is 11.8. The molecule has 0 bridgehead atoms. The second kappa shape index (κ2) is 11.7. The Balaban J connectivity index is 1.14. The summed E-state index contributed by atoms with van der Waals surface area (Å²) < 4.78 is 2.43. The van der Waals surface area contributed by atoms with Crippen molar-refractivity contribution in [1.29, 1.82) is 0 Å². The van der Waals surface area contributed by atoms with Crippen molar-refractivity contribution in [2.24, 2.45) is 0 Å². The van der Waals surface area contributed by atoms with Gasteiger partial charge in [0.1, 0.15) is 0 Å². The van der Waals surface area contributed by atoms with E-state index in [0.717, 1.165) is 33.5 Å². The zero-order valence-electron chi connectivity index (χ0n) is 28.5. The Bertz CT molecular complexity index is 3000. The summed E-state index contributed by atoms with van der Waals surface area (Å²) >= 11 is 0. The van der Waals surface area contributed by atoms with Crippen LogP contribution in [0.3, 0.4) is 0 Å². The van der Waals surface area contributed by atoms with E-state index < -0.39 is 0 Å². The van der Waals surface area contributed by atoms with Gasteiger partial charge in [-0.3, -0.25) is 4.98 Å². The van der Waals surface area contributed by atoms with Gasteiger partial charge in [0, 0.05) is 51.0 Å². The van der Waals surface area contributed by atoms with Gasteiger partial charge in [0.05, 0.1) is 16.7 Å². The van der Waals surface area contributed by atoms with Crippen LogP contribution in [-0.4, -0.2) is 24.5 Å². The van der Waals surface area contributed by atoms with E-state index in [0.29, 0.717) is 17.5 Å². The minimum atomic E-state index is 0.575. The monoisotopic (exact) mass is 675 g/mol. The number of pyridine rings is 1. The normalized spacial score (nSPS) is 11.8.